The zero-order valence-corrected chi connectivity index (χ0v) is 17.6. The Bertz CT molecular complexity index is 941. The number of carbonyl (C=O) groups excluding carboxylic acids is 1. The Labute approximate surface area is 170 Å². The van der Waals surface area contributed by atoms with Crippen LogP contribution >= 0.6 is 0 Å². The fraction of sp³-hybridized carbons (Fsp3) is 0.545. The average molecular weight is 403 g/mol. The molecule has 0 unspecified atom stereocenters. The molecule has 158 valence electrons. The number of aromatic nitrogens is 1. The van der Waals surface area contributed by atoms with E-state index in [4.69, 9.17) is 4.74 Å². The molecule has 1 aliphatic rings. The summed E-state index contributed by atoms with van der Waals surface area (Å²) in [6, 6.07) is 6.42. The zero-order chi connectivity index (χ0) is 21.2. The van der Waals surface area contributed by atoms with Crippen LogP contribution in [-0.2, 0) is 18.2 Å². The maximum Gasteiger partial charge on any atom is 0.407 e. The summed E-state index contributed by atoms with van der Waals surface area (Å²) < 4.78 is 21.6. The summed E-state index contributed by atoms with van der Waals surface area (Å²) in [5, 5.41) is 3.67. The summed E-state index contributed by atoms with van der Waals surface area (Å²) >= 11 is 0. The number of aryl methyl sites for hydroxylation is 1. The van der Waals surface area contributed by atoms with E-state index in [1.54, 1.807) is 19.2 Å². The first-order valence-corrected chi connectivity index (χ1v) is 10.1. The third-order valence-electron chi connectivity index (χ3n) is 5.29. The minimum atomic E-state index is -0.380. The Hall–Kier alpha value is -2.41. The number of piperidine rings is 1. The maximum absolute atomic E-state index is 14.5. The molecule has 1 N–H and O–H groups in total. The number of nitrogens with zero attached hydrogens (tertiary/aromatic N) is 2. The van der Waals surface area contributed by atoms with Crippen LogP contribution in [0.1, 0.15) is 39.2 Å². The predicted octanol–water partition coefficient (Wildman–Crippen LogP) is 3.21. The lowest BCUT2D eigenvalue weighted by atomic mass is 10.0. The number of ether oxygens (including phenoxy) is 1. The molecular formula is C22H30FN3O3. The van der Waals surface area contributed by atoms with Crippen LogP contribution < -0.4 is 10.9 Å². The number of carbonyl (C=O) groups is 1. The van der Waals surface area contributed by atoms with Gasteiger partial charge in [0.1, 0.15) is 11.9 Å². The van der Waals surface area contributed by atoms with E-state index in [2.05, 4.69) is 10.2 Å². The fourth-order valence-corrected chi connectivity index (χ4v) is 3.79. The molecule has 1 saturated heterocycles. The molecule has 1 amide bonds. The van der Waals surface area contributed by atoms with Crippen LogP contribution in [0.5, 0.6) is 0 Å². The highest BCUT2D eigenvalue weighted by molar-refractivity contribution is 5.82. The standard InChI is InChI=1S/C22H30FN3O3/c1-22(2,3)24-21(28)29-16-9-12-26(13-10-16)14-11-17-18(23)7-5-15-6-8-19(27)25(4)20(15)17/h5-8,16H,9-14H2,1-4H3,(H,24,28). The molecule has 29 heavy (non-hydrogen) atoms. The van der Waals surface area contributed by atoms with Crippen molar-refractivity contribution in [2.75, 3.05) is 19.6 Å². The van der Waals surface area contributed by atoms with E-state index >= 15 is 0 Å². The average Bonchev–Trinajstić information content (AvgIpc) is 2.63. The van der Waals surface area contributed by atoms with Gasteiger partial charge in [0, 0.05) is 43.9 Å². The Balaban J connectivity index is 1.59. The molecule has 1 aliphatic heterocycles. The van der Waals surface area contributed by atoms with Gasteiger partial charge in [-0.1, -0.05) is 0 Å². The third-order valence-corrected chi connectivity index (χ3v) is 5.29. The van der Waals surface area contributed by atoms with Crippen molar-refractivity contribution in [2.45, 2.75) is 51.7 Å². The second kappa shape index (κ2) is 8.53. The largest absolute Gasteiger partial charge is 0.446 e. The summed E-state index contributed by atoms with van der Waals surface area (Å²) in [4.78, 5) is 26.2. The molecule has 1 fully saturated rings. The van der Waals surface area contributed by atoms with Gasteiger partial charge in [-0.2, -0.15) is 0 Å². The van der Waals surface area contributed by atoms with Crippen LogP contribution in [-0.4, -0.2) is 46.8 Å². The fourth-order valence-electron chi connectivity index (χ4n) is 3.79. The second-order valence-corrected chi connectivity index (χ2v) is 8.77. The molecule has 2 aromatic rings. The lowest BCUT2D eigenvalue weighted by Crippen LogP contribution is -2.44. The number of fused-ring (bicyclic) bond motifs is 1. The molecule has 2 heterocycles. The summed E-state index contributed by atoms with van der Waals surface area (Å²) in [5.74, 6) is -0.282. The normalized spacial score (nSPS) is 16.2. The highest BCUT2D eigenvalue weighted by Gasteiger charge is 2.24. The number of rotatable bonds is 4. The van der Waals surface area contributed by atoms with Crippen LogP contribution in [0, 0.1) is 5.82 Å². The van der Waals surface area contributed by atoms with Crippen LogP contribution in [0.3, 0.4) is 0 Å². The van der Waals surface area contributed by atoms with Crippen molar-refractivity contribution in [1.82, 2.24) is 14.8 Å². The van der Waals surface area contributed by atoms with E-state index in [1.165, 1.54) is 16.7 Å². The Kier molecular flexibility index (Phi) is 6.27. The van der Waals surface area contributed by atoms with Crippen LogP contribution in [0.25, 0.3) is 10.9 Å². The van der Waals surface area contributed by atoms with Gasteiger partial charge >= 0.3 is 6.09 Å². The zero-order valence-electron chi connectivity index (χ0n) is 17.6. The first-order valence-electron chi connectivity index (χ1n) is 10.1. The molecule has 1 aromatic heterocycles. The van der Waals surface area contributed by atoms with E-state index < -0.39 is 0 Å². The van der Waals surface area contributed by atoms with Crippen molar-refractivity contribution in [1.29, 1.82) is 0 Å². The molecule has 0 bridgehead atoms. The van der Waals surface area contributed by atoms with Gasteiger partial charge in [0.2, 0.25) is 0 Å². The smallest absolute Gasteiger partial charge is 0.407 e. The van der Waals surface area contributed by atoms with E-state index in [9.17, 15) is 14.0 Å². The summed E-state index contributed by atoms with van der Waals surface area (Å²) in [7, 11) is 1.68. The Morgan fingerprint density at radius 3 is 2.52 bits per heavy atom. The van der Waals surface area contributed by atoms with Crippen LogP contribution in [0.15, 0.2) is 29.1 Å². The van der Waals surface area contributed by atoms with Gasteiger partial charge in [0.15, 0.2) is 0 Å². The minimum absolute atomic E-state index is 0.0938. The minimum Gasteiger partial charge on any atom is -0.446 e. The highest BCUT2D eigenvalue weighted by atomic mass is 19.1. The van der Waals surface area contributed by atoms with Gasteiger partial charge in [-0.25, -0.2) is 9.18 Å². The lowest BCUT2D eigenvalue weighted by Gasteiger charge is -2.32. The number of pyridine rings is 1. The quantitative estimate of drug-likeness (QED) is 0.852. The summed E-state index contributed by atoms with van der Waals surface area (Å²) in [5.41, 5.74) is 0.775. The van der Waals surface area contributed by atoms with E-state index in [1.807, 2.05) is 20.8 Å². The molecule has 6 nitrogen and oxygen atoms in total. The van der Waals surface area contributed by atoms with Crippen molar-refractivity contribution >= 4 is 17.0 Å². The lowest BCUT2D eigenvalue weighted by molar-refractivity contribution is 0.0475. The van der Waals surface area contributed by atoms with Crippen molar-refractivity contribution in [3.05, 3.63) is 46.0 Å². The van der Waals surface area contributed by atoms with E-state index in [-0.39, 0.29) is 29.1 Å². The molecule has 0 spiro atoms. The van der Waals surface area contributed by atoms with Crippen molar-refractivity contribution < 1.29 is 13.9 Å². The molecule has 0 radical (unpaired) electrons. The van der Waals surface area contributed by atoms with Gasteiger partial charge in [0.25, 0.3) is 5.56 Å². The first-order chi connectivity index (χ1) is 13.6. The van der Waals surface area contributed by atoms with Crippen molar-refractivity contribution in [3.63, 3.8) is 0 Å². The van der Waals surface area contributed by atoms with Crippen molar-refractivity contribution in [2.24, 2.45) is 7.05 Å². The third kappa shape index (κ3) is 5.35. The van der Waals surface area contributed by atoms with Crippen LogP contribution in [0.2, 0.25) is 0 Å². The summed E-state index contributed by atoms with van der Waals surface area (Å²) in [6.07, 6.45) is 1.57. The van der Waals surface area contributed by atoms with Gasteiger partial charge < -0.3 is 19.5 Å². The Morgan fingerprint density at radius 1 is 1.21 bits per heavy atom. The number of amides is 1. The Morgan fingerprint density at radius 2 is 1.86 bits per heavy atom. The SMILES string of the molecule is Cn1c(=O)ccc2ccc(F)c(CCN3CCC(OC(=O)NC(C)(C)C)CC3)c21. The van der Waals surface area contributed by atoms with Gasteiger partial charge in [0.05, 0.1) is 5.52 Å². The maximum atomic E-state index is 14.5. The number of nitrogens with one attached hydrogen (secondary N) is 1. The summed E-state index contributed by atoms with van der Waals surface area (Å²) in [6.45, 7) is 8.02. The van der Waals surface area contributed by atoms with E-state index in [0.29, 0.717) is 24.0 Å². The highest BCUT2D eigenvalue weighted by Crippen LogP contribution is 2.22. The predicted molar refractivity (Wildman–Crippen MR) is 112 cm³/mol. The number of hydrogen-bond donors (Lipinski definition) is 1. The molecule has 1 aromatic carbocycles. The van der Waals surface area contributed by atoms with Crippen molar-refractivity contribution in [3.8, 4) is 0 Å². The number of halogens is 1. The first kappa shape index (κ1) is 21.3. The molecular weight excluding hydrogens is 373 g/mol. The monoisotopic (exact) mass is 403 g/mol. The number of alkyl carbamates (subject to hydrolysis) is 1. The van der Waals surface area contributed by atoms with Crippen LogP contribution in [0.4, 0.5) is 9.18 Å². The number of likely N-dealkylation sites (tertiary alicyclic amines) is 1. The second-order valence-electron chi connectivity index (χ2n) is 8.77. The van der Waals surface area contributed by atoms with E-state index in [0.717, 1.165) is 31.3 Å². The number of benzene rings is 1. The van der Waals surface area contributed by atoms with Gasteiger partial charge in [-0.05, 0) is 63.6 Å². The molecule has 7 heteroatoms. The molecule has 3 rings (SSSR count). The van der Waals surface area contributed by atoms with Gasteiger partial charge in [-0.15, -0.1) is 0 Å². The topological polar surface area (TPSA) is 63.6 Å². The van der Waals surface area contributed by atoms with Gasteiger partial charge in [-0.3, -0.25) is 4.79 Å². The molecule has 0 aliphatic carbocycles. The molecule has 0 atom stereocenters. The molecule has 0 saturated carbocycles. The number of hydrogen-bond acceptors (Lipinski definition) is 4.